The summed E-state index contributed by atoms with van der Waals surface area (Å²) < 4.78 is 0. The molecule has 1 N–H and O–H groups in total. The maximum absolute atomic E-state index is 12.5. The number of benzene rings is 2. The van der Waals surface area contributed by atoms with Crippen molar-refractivity contribution in [1.82, 2.24) is 0 Å². The Kier molecular flexibility index (Phi) is 5.39. The molecule has 2 aromatic carbocycles. The zero-order valence-electron chi connectivity index (χ0n) is 14.9. The fourth-order valence-corrected chi connectivity index (χ4v) is 2.87. The standard InChI is InChI=1S/C20H24N2O2/c1-13-9-10-18(16(4)11-13)21-19(24)12-22(17(5)23)20-14(2)7-6-8-15(20)3/h6-11H,12H2,1-5H3,(H,21,24). The van der Waals surface area contributed by atoms with Crippen molar-refractivity contribution in [1.29, 1.82) is 0 Å². The molecule has 0 bridgehead atoms. The minimum absolute atomic E-state index is 0.00561. The SMILES string of the molecule is CC(=O)N(CC(=O)Nc1ccc(C)cc1C)c1c(C)cccc1C. The molecular weight excluding hydrogens is 300 g/mol. The zero-order valence-corrected chi connectivity index (χ0v) is 14.9. The topological polar surface area (TPSA) is 49.4 Å². The fourth-order valence-electron chi connectivity index (χ4n) is 2.87. The van der Waals surface area contributed by atoms with Gasteiger partial charge in [0.05, 0.1) is 5.69 Å². The number of aryl methyl sites for hydroxylation is 4. The van der Waals surface area contributed by atoms with Crippen molar-refractivity contribution in [3.05, 3.63) is 58.7 Å². The van der Waals surface area contributed by atoms with Crippen molar-refractivity contribution >= 4 is 23.2 Å². The number of carbonyl (C=O) groups is 2. The third-order valence-electron chi connectivity index (χ3n) is 4.05. The van der Waals surface area contributed by atoms with Gasteiger partial charge in [0.15, 0.2) is 0 Å². The van der Waals surface area contributed by atoms with Crippen LogP contribution in [0.25, 0.3) is 0 Å². The number of carbonyl (C=O) groups excluding carboxylic acids is 2. The molecule has 0 radical (unpaired) electrons. The Hall–Kier alpha value is -2.62. The van der Waals surface area contributed by atoms with Gasteiger partial charge >= 0.3 is 0 Å². The molecule has 0 unspecified atom stereocenters. The molecule has 0 spiro atoms. The van der Waals surface area contributed by atoms with E-state index in [9.17, 15) is 9.59 Å². The Balaban J connectivity index is 2.22. The molecule has 0 saturated heterocycles. The monoisotopic (exact) mass is 324 g/mol. The highest BCUT2D eigenvalue weighted by Crippen LogP contribution is 2.25. The molecule has 0 saturated carbocycles. The predicted molar refractivity (Wildman–Crippen MR) is 98.5 cm³/mol. The summed E-state index contributed by atoms with van der Waals surface area (Å²) in [5.74, 6) is -0.358. The number of anilines is 2. The van der Waals surface area contributed by atoms with Gasteiger partial charge in [-0.15, -0.1) is 0 Å². The summed E-state index contributed by atoms with van der Waals surface area (Å²) in [4.78, 5) is 26.1. The molecule has 4 heteroatoms. The molecule has 126 valence electrons. The van der Waals surface area contributed by atoms with Crippen molar-refractivity contribution in [2.24, 2.45) is 0 Å². The van der Waals surface area contributed by atoms with Crippen molar-refractivity contribution in [3.63, 3.8) is 0 Å². The number of rotatable bonds is 4. The number of amides is 2. The minimum Gasteiger partial charge on any atom is -0.324 e. The van der Waals surface area contributed by atoms with E-state index in [1.807, 2.05) is 64.1 Å². The van der Waals surface area contributed by atoms with Crippen LogP contribution in [-0.2, 0) is 9.59 Å². The lowest BCUT2D eigenvalue weighted by molar-refractivity contribution is -0.120. The van der Waals surface area contributed by atoms with E-state index in [1.54, 1.807) is 0 Å². The molecule has 0 aliphatic heterocycles. The van der Waals surface area contributed by atoms with Gasteiger partial charge in [0.25, 0.3) is 0 Å². The minimum atomic E-state index is -0.209. The van der Waals surface area contributed by atoms with E-state index in [-0.39, 0.29) is 18.4 Å². The summed E-state index contributed by atoms with van der Waals surface area (Å²) in [5, 5.41) is 2.90. The summed E-state index contributed by atoms with van der Waals surface area (Å²) in [6, 6.07) is 11.7. The highest BCUT2D eigenvalue weighted by atomic mass is 16.2. The largest absolute Gasteiger partial charge is 0.324 e. The molecule has 2 aromatic rings. The van der Waals surface area contributed by atoms with E-state index in [1.165, 1.54) is 11.8 Å². The van der Waals surface area contributed by atoms with Crippen LogP contribution in [0.2, 0.25) is 0 Å². The zero-order chi connectivity index (χ0) is 17.9. The summed E-state index contributed by atoms with van der Waals surface area (Å²) in [5.41, 5.74) is 5.68. The van der Waals surface area contributed by atoms with Crippen LogP contribution in [0.15, 0.2) is 36.4 Å². The van der Waals surface area contributed by atoms with Crippen molar-refractivity contribution < 1.29 is 9.59 Å². The van der Waals surface area contributed by atoms with Gasteiger partial charge in [-0.1, -0.05) is 35.9 Å². The molecular formula is C20H24N2O2. The fraction of sp³-hybridized carbons (Fsp3) is 0.300. The predicted octanol–water partition coefficient (Wildman–Crippen LogP) is 3.91. The first kappa shape index (κ1) is 17.7. The van der Waals surface area contributed by atoms with Crippen molar-refractivity contribution in [2.45, 2.75) is 34.6 Å². The van der Waals surface area contributed by atoms with E-state index in [4.69, 9.17) is 0 Å². The smallest absolute Gasteiger partial charge is 0.244 e. The number of nitrogens with one attached hydrogen (secondary N) is 1. The molecule has 0 atom stereocenters. The van der Waals surface area contributed by atoms with E-state index >= 15 is 0 Å². The lowest BCUT2D eigenvalue weighted by atomic mass is 10.1. The lowest BCUT2D eigenvalue weighted by Crippen LogP contribution is -2.37. The number of para-hydroxylation sites is 1. The summed E-state index contributed by atoms with van der Waals surface area (Å²) in [6.45, 7) is 9.33. The van der Waals surface area contributed by atoms with Crippen LogP contribution in [-0.4, -0.2) is 18.4 Å². The molecule has 0 aliphatic carbocycles. The van der Waals surface area contributed by atoms with Gasteiger partial charge in [-0.05, 0) is 50.5 Å². The van der Waals surface area contributed by atoms with Crippen LogP contribution in [0.5, 0.6) is 0 Å². The second kappa shape index (κ2) is 7.30. The first-order valence-corrected chi connectivity index (χ1v) is 8.01. The molecule has 2 amide bonds. The number of hydrogen-bond acceptors (Lipinski definition) is 2. The summed E-state index contributed by atoms with van der Waals surface area (Å²) in [7, 11) is 0. The van der Waals surface area contributed by atoms with Gasteiger partial charge in [-0.25, -0.2) is 0 Å². The van der Waals surface area contributed by atoms with Gasteiger partial charge in [-0.2, -0.15) is 0 Å². The second-order valence-electron chi connectivity index (χ2n) is 6.21. The Morgan fingerprint density at radius 3 is 2.12 bits per heavy atom. The van der Waals surface area contributed by atoms with Gasteiger partial charge in [-0.3, -0.25) is 9.59 Å². The first-order chi connectivity index (χ1) is 11.3. The van der Waals surface area contributed by atoms with Crippen molar-refractivity contribution in [3.8, 4) is 0 Å². The molecule has 24 heavy (non-hydrogen) atoms. The quantitative estimate of drug-likeness (QED) is 0.927. The number of hydrogen-bond donors (Lipinski definition) is 1. The number of nitrogens with zero attached hydrogens (tertiary/aromatic N) is 1. The maximum Gasteiger partial charge on any atom is 0.244 e. The molecule has 0 heterocycles. The lowest BCUT2D eigenvalue weighted by Gasteiger charge is -2.24. The van der Waals surface area contributed by atoms with Gasteiger partial charge in [0, 0.05) is 12.6 Å². The van der Waals surface area contributed by atoms with Crippen LogP contribution in [0.3, 0.4) is 0 Å². The average molecular weight is 324 g/mol. The normalized spacial score (nSPS) is 10.4. The van der Waals surface area contributed by atoms with E-state index in [2.05, 4.69) is 5.32 Å². The molecule has 0 aromatic heterocycles. The molecule has 2 rings (SSSR count). The van der Waals surface area contributed by atoms with E-state index in [0.717, 1.165) is 33.6 Å². The first-order valence-electron chi connectivity index (χ1n) is 8.01. The maximum atomic E-state index is 12.5. The highest BCUT2D eigenvalue weighted by molar-refractivity contribution is 6.02. The molecule has 4 nitrogen and oxygen atoms in total. The third-order valence-corrected chi connectivity index (χ3v) is 4.05. The molecule has 0 fully saturated rings. The Bertz CT molecular complexity index is 761. The Morgan fingerprint density at radius 1 is 0.958 bits per heavy atom. The van der Waals surface area contributed by atoms with Crippen LogP contribution in [0, 0.1) is 27.7 Å². The van der Waals surface area contributed by atoms with E-state index in [0.29, 0.717) is 0 Å². The van der Waals surface area contributed by atoms with Gasteiger partial charge < -0.3 is 10.2 Å². The van der Waals surface area contributed by atoms with Crippen LogP contribution < -0.4 is 10.2 Å². The summed E-state index contributed by atoms with van der Waals surface area (Å²) >= 11 is 0. The average Bonchev–Trinajstić information content (AvgIpc) is 2.48. The van der Waals surface area contributed by atoms with Crippen LogP contribution >= 0.6 is 0 Å². The van der Waals surface area contributed by atoms with Crippen molar-refractivity contribution in [2.75, 3.05) is 16.8 Å². The second-order valence-corrected chi connectivity index (χ2v) is 6.21. The van der Waals surface area contributed by atoms with E-state index < -0.39 is 0 Å². The third kappa shape index (κ3) is 4.02. The van der Waals surface area contributed by atoms with Crippen LogP contribution in [0.1, 0.15) is 29.2 Å². The van der Waals surface area contributed by atoms with Gasteiger partial charge in [0.1, 0.15) is 6.54 Å². The molecule has 0 aliphatic rings. The Labute approximate surface area is 143 Å². The Morgan fingerprint density at radius 2 is 1.58 bits per heavy atom. The summed E-state index contributed by atoms with van der Waals surface area (Å²) in [6.07, 6.45) is 0. The van der Waals surface area contributed by atoms with Gasteiger partial charge in [0.2, 0.25) is 11.8 Å². The van der Waals surface area contributed by atoms with Crippen LogP contribution in [0.4, 0.5) is 11.4 Å². The highest BCUT2D eigenvalue weighted by Gasteiger charge is 2.19.